The van der Waals surface area contributed by atoms with Crippen LogP contribution in [0.1, 0.15) is 38.3 Å². The number of nitrogens with one attached hydrogen (secondary N) is 1. The maximum atomic E-state index is 12.6. The van der Waals surface area contributed by atoms with E-state index in [4.69, 9.17) is 0 Å². The lowest BCUT2D eigenvalue weighted by atomic mass is 9.68. The Hall–Kier alpha value is -3.10. The van der Waals surface area contributed by atoms with Gasteiger partial charge in [-0.05, 0) is 61.6 Å². The van der Waals surface area contributed by atoms with Crippen LogP contribution in [0.4, 0.5) is 19.1 Å². The van der Waals surface area contributed by atoms with E-state index in [9.17, 15) is 18.0 Å². The lowest BCUT2D eigenvalue weighted by molar-refractivity contribution is -0.274. The topological polar surface area (TPSA) is 69.0 Å². The molecular weight excluding hydrogens is 397 g/mol. The number of imidazole rings is 1. The second-order valence-corrected chi connectivity index (χ2v) is 8.00. The number of nitrogens with zero attached hydrogens (tertiary/aromatic N) is 3. The summed E-state index contributed by atoms with van der Waals surface area (Å²) in [5.74, 6) is -0.202. The molecule has 0 unspecified atom stereocenters. The minimum Gasteiger partial charge on any atom is -0.406 e. The first-order valence-corrected chi connectivity index (χ1v) is 9.64. The van der Waals surface area contributed by atoms with Gasteiger partial charge in [0.1, 0.15) is 11.3 Å². The van der Waals surface area contributed by atoms with Gasteiger partial charge in [0, 0.05) is 12.1 Å². The van der Waals surface area contributed by atoms with Gasteiger partial charge in [-0.25, -0.2) is 9.97 Å². The van der Waals surface area contributed by atoms with Gasteiger partial charge in [-0.3, -0.25) is 14.7 Å². The van der Waals surface area contributed by atoms with Gasteiger partial charge in [-0.2, -0.15) is 0 Å². The maximum absolute atomic E-state index is 12.6. The first-order chi connectivity index (χ1) is 14.1. The van der Waals surface area contributed by atoms with Gasteiger partial charge in [0.25, 0.3) is 0 Å². The number of halogens is 3. The summed E-state index contributed by atoms with van der Waals surface area (Å²) in [5, 5.41) is 2.86. The molecule has 1 N–H and O–H groups in total. The predicted molar refractivity (Wildman–Crippen MR) is 105 cm³/mol. The Morgan fingerprint density at radius 3 is 2.47 bits per heavy atom. The van der Waals surface area contributed by atoms with Crippen LogP contribution in [-0.4, -0.2) is 26.8 Å². The molecule has 0 spiro atoms. The van der Waals surface area contributed by atoms with E-state index in [1.165, 1.54) is 24.3 Å². The van der Waals surface area contributed by atoms with Crippen LogP contribution in [0.3, 0.4) is 0 Å². The molecule has 2 aromatic heterocycles. The van der Waals surface area contributed by atoms with E-state index >= 15 is 0 Å². The number of carbonyl (C=O) groups is 1. The molecule has 4 rings (SSSR count). The van der Waals surface area contributed by atoms with Crippen molar-refractivity contribution in [2.24, 2.45) is 5.41 Å². The van der Waals surface area contributed by atoms with Crippen molar-refractivity contribution in [3.63, 3.8) is 0 Å². The second kappa shape index (κ2) is 7.30. The van der Waals surface area contributed by atoms with Crippen LogP contribution < -0.4 is 10.1 Å². The number of alkyl halides is 3. The lowest BCUT2D eigenvalue weighted by Crippen LogP contribution is -2.31. The molecule has 1 aliphatic rings. The summed E-state index contributed by atoms with van der Waals surface area (Å²) in [7, 11) is 0. The molecule has 1 fully saturated rings. The van der Waals surface area contributed by atoms with Crippen molar-refractivity contribution in [3.8, 4) is 11.4 Å². The van der Waals surface area contributed by atoms with Crippen LogP contribution in [0.15, 0.2) is 36.4 Å². The number of ether oxygens (including phenoxy) is 1. The third-order valence-electron chi connectivity index (χ3n) is 5.37. The molecule has 1 aliphatic carbocycles. The molecule has 6 nitrogen and oxygen atoms in total. The molecular formula is C21H21F3N4O2. The van der Waals surface area contributed by atoms with Gasteiger partial charge in [-0.1, -0.05) is 13.3 Å². The number of hydrogen-bond donors (Lipinski definition) is 1. The number of hydrogen-bond acceptors (Lipinski definition) is 4. The van der Waals surface area contributed by atoms with Gasteiger partial charge >= 0.3 is 6.36 Å². The Morgan fingerprint density at radius 1 is 1.17 bits per heavy atom. The van der Waals surface area contributed by atoms with Gasteiger partial charge in [0.15, 0.2) is 5.65 Å². The van der Waals surface area contributed by atoms with E-state index in [-0.39, 0.29) is 23.0 Å². The molecule has 30 heavy (non-hydrogen) atoms. The number of carbonyl (C=O) groups excluding carboxylic acids is 1. The maximum Gasteiger partial charge on any atom is 0.573 e. The number of pyridine rings is 1. The van der Waals surface area contributed by atoms with E-state index < -0.39 is 6.36 Å². The second-order valence-electron chi connectivity index (χ2n) is 8.00. The molecule has 0 radical (unpaired) electrons. The Kier molecular flexibility index (Phi) is 4.91. The molecule has 1 saturated carbocycles. The van der Waals surface area contributed by atoms with E-state index in [1.54, 1.807) is 16.7 Å². The fraction of sp³-hybridized carbons (Fsp3) is 0.381. The molecule has 9 heteroatoms. The fourth-order valence-corrected chi connectivity index (χ4v) is 3.69. The summed E-state index contributed by atoms with van der Waals surface area (Å²) < 4.78 is 42.9. The quantitative estimate of drug-likeness (QED) is 0.623. The average molecular weight is 418 g/mol. The Morgan fingerprint density at radius 2 is 1.87 bits per heavy atom. The molecule has 0 atom stereocenters. The highest BCUT2D eigenvalue weighted by Crippen LogP contribution is 2.43. The molecule has 158 valence electrons. The van der Waals surface area contributed by atoms with Crippen molar-refractivity contribution >= 4 is 23.0 Å². The largest absolute Gasteiger partial charge is 0.573 e. The summed E-state index contributed by atoms with van der Waals surface area (Å²) >= 11 is 0. The predicted octanol–water partition coefficient (Wildman–Crippen LogP) is 5.15. The average Bonchev–Trinajstić information content (AvgIpc) is 2.96. The zero-order valence-corrected chi connectivity index (χ0v) is 16.6. The molecule has 0 aliphatic heterocycles. The highest BCUT2D eigenvalue weighted by molar-refractivity contribution is 5.92. The third-order valence-corrected chi connectivity index (χ3v) is 5.37. The summed E-state index contributed by atoms with van der Waals surface area (Å²) in [6.07, 6.45) is -1.23. The van der Waals surface area contributed by atoms with Gasteiger partial charge < -0.3 is 4.74 Å². The monoisotopic (exact) mass is 418 g/mol. The highest BCUT2D eigenvalue weighted by atomic mass is 19.4. The number of aryl methyl sites for hydroxylation is 1. The van der Waals surface area contributed by atoms with Crippen LogP contribution in [0, 0.1) is 12.3 Å². The van der Waals surface area contributed by atoms with Gasteiger partial charge in [-0.15, -0.1) is 13.2 Å². The van der Waals surface area contributed by atoms with E-state index in [1.807, 2.05) is 6.92 Å². The van der Waals surface area contributed by atoms with E-state index in [0.29, 0.717) is 23.3 Å². The minimum absolute atomic E-state index is 0.00630. The van der Waals surface area contributed by atoms with Gasteiger partial charge in [0.05, 0.1) is 5.69 Å². The Balaban J connectivity index is 1.69. The first-order valence-electron chi connectivity index (χ1n) is 9.64. The molecule has 0 bridgehead atoms. The van der Waals surface area contributed by atoms with E-state index in [2.05, 4.69) is 26.9 Å². The Labute approximate surface area is 171 Å². The number of rotatable bonds is 5. The van der Waals surface area contributed by atoms with Crippen LogP contribution >= 0.6 is 0 Å². The van der Waals surface area contributed by atoms with Crippen LogP contribution in [0.25, 0.3) is 16.9 Å². The smallest absolute Gasteiger partial charge is 0.406 e. The number of aromatic nitrogens is 3. The highest BCUT2D eigenvalue weighted by Gasteiger charge is 2.34. The van der Waals surface area contributed by atoms with Crippen LogP contribution in [0.5, 0.6) is 5.75 Å². The van der Waals surface area contributed by atoms with Crippen LogP contribution in [-0.2, 0) is 4.79 Å². The van der Waals surface area contributed by atoms with E-state index in [0.717, 1.165) is 25.0 Å². The Bertz CT molecular complexity index is 1090. The number of anilines is 1. The number of fused-ring (bicyclic) bond motifs is 1. The SMILES string of the molecule is Cc1ccc2nc(NC(=O)CC3(C)CCC3)n(-c3ccc(OC(F)(F)F)cc3)c2n1. The van der Waals surface area contributed by atoms with Crippen molar-refractivity contribution in [2.75, 3.05) is 5.32 Å². The summed E-state index contributed by atoms with van der Waals surface area (Å²) in [5.41, 5.74) is 2.34. The normalized spacial score (nSPS) is 15.6. The van der Waals surface area contributed by atoms with Crippen molar-refractivity contribution in [3.05, 3.63) is 42.1 Å². The number of amides is 1. The van der Waals surface area contributed by atoms with Crippen molar-refractivity contribution in [1.29, 1.82) is 0 Å². The molecule has 2 heterocycles. The summed E-state index contributed by atoms with van der Waals surface area (Å²) in [6, 6.07) is 8.96. The zero-order chi connectivity index (χ0) is 21.5. The zero-order valence-electron chi connectivity index (χ0n) is 16.6. The van der Waals surface area contributed by atoms with Gasteiger partial charge in [0.2, 0.25) is 11.9 Å². The van der Waals surface area contributed by atoms with Crippen molar-refractivity contribution < 1.29 is 22.7 Å². The molecule has 0 saturated heterocycles. The fourth-order valence-electron chi connectivity index (χ4n) is 3.69. The molecule has 1 amide bonds. The molecule has 1 aromatic carbocycles. The molecule has 3 aromatic rings. The first kappa shape index (κ1) is 20.2. The van der Waals surface area contributed by atoms with Crippen LogP contribution in [0.2, 0.25) is 0 Å². The standard InChI is InChI=1S/C21H21F3N4O2/c1-13-4-9-16-18(25-13)28(14-5-7-15(8-6-14)30-21(22,23)24)19(26-16)27-17(29)12-20(2)10-3-11-20/h4-9H,3,10-12H2,1-2H3,(H,26,27,29). The summed E-state index contributed by atoms with van der Waals surface area (Å²) in [6.45, 7) is 3.91. The third kappa shape index (κ3) is 4.24. The van der Waals surface area contributed by atoms with Crippen molar-refractivity contribution in [1.82, 2.24) is 14.5 Å². The minimum atomic E-state index is -4.77. The van der Waals surface area contributed by atoms with Crippen molar-refractivity contribution in [2.45, 2.75) is 45.9 Å². The number of benzene rings is 1. The summed E-state index contributed by atoms with van der Waals surface area (Å²) in [4.78, 5) is 21.6. The lowest BCUT2D eigenvalue weighted by Gasteiger charge is -2.37.